The summed E-state index contributed by atoms with van der Waals surface area (Å²) in [6.07, 6.45) is 1.63. The maximum Gasteiger partial charge on any atom is 0.338 e. The summed E-state index contributed by atoms with van der Waals surface area (Å²) in [4.78, 5) is 13.2. The van der Waals surface area contributed by atoms with Crippen LogP contribution in [0, 0.1) is 0 Å². The second-order valence-electron chi connectivity index (χ2n) is 8.78. The van der Waals surface area contributed by atoms with Crippen LogP contribution < -0.4 is 0 Å². The van der Waals surface area contributed by atoms with Crippen LogP contribution in [0.25, 0.3) is 0 Å². The smallest absolute Gasteiger partial charge is 0.338 e. The fourth-order valence-electron chi connectivity index (χ4n) is 3.51. The van der Waals surface area contributed by atoms with Crippen molar-refractivity contribution in [2.24, 2.45) is 0 Å². The minimum Gasteiger partial charge on any atom is -0.459 e. The topological polar surface area (TPSA) is 26.3 Å². The monoisotopic (exact) mass is 380 g/mol. The lowest BCUT2D eigenvalue weighted by atomic mass is 9.84. The van der Waals surface area contributed by atoms with Crippen LogP contribution in [0.5, 0.6) is 0 Å². The number of benzene rings is 2. The Labute approximate surface area is 171 Å². The highest BCUT2D eigenvalue weighted by Gasteiger charge is 2.24. The van der Waals surface area contributed by atoms with E-state index in [-0.39, 0.29) is 23.9 Å². The molecule has 0 aliphatic carbocycles. The van der Waals surface area contributed by atoms with Crippen molar-refractivity contribution >= 4 is 5.97 Å². The Morgan fingerprint density at radius 1 is 0.821 bits per heavy atom. The number of aryl methyl sites for hydroxylation is 1. The first-order chi connectivity index (χ1) is 13.2. The molecule has 1 atom stereocenters. The molecule has 2 nitrogen and oxygen atoms in total. The van der Waals surface area contributed by atoms with Crippen molar-refractivity contribution in [3.63, 3.8) is 0 Å². The van der Waals surface area contributed by atoms with E-state index >= 15 is 0 Å². The Bertz CT molecular complexity index is 743. The van der Waals surface area contributed by atoms with Crippen LogP contribution in [-0.2, 0) is 11.2 Å². The normalized spacial score (nSPS) is 12.6. The van der Waals surface area contributed by atoms with Crippen molar-refractivity contribution in [1.29, 1.82) is 0 Å². The summed E-state index contributed by atoms with van der Waals surface area (Å²) >= 11 is 0. The van der Waals surface area contributed by atoms with Gasteiger partial charge in [-0.25, -0.2) is 4.79 Å². The van der Waals surface area contributed by atoms with Gasteiger partial charge in [0.15, 0.2) is 0 Å². The zero-order valence-electron chi connectivity index (χ0n) is 18.6. The Hall–Kier alpha value is -2.09. The number of carbonyl (C=O) groups is 1. The molecule has 0 saturated carbocycles. The largest absolute Gasteiger partial charge is 0.459 e. The van der Waals surface area contributed by atoms with Gasteiger partial charge in [-0.2, -0.15) is 0 Å². The molecule has 0 saturated heterocycles. The third-order valence-electron chi connectivity index (χ3n) is 5.33. The summed E-state index contributed by atoms with van der Waals surface area (Å²) in [5, 5.41) is 0. The minimum atomic E-state index is -0.178. The Morgan fingerprint density at radius 2 is 1.36 bits per heavy atom. The second kappa shape index (κ2) is 9.91. The van der Waals surface area contributed by atoms with Crippen LogP contribution in [0.3, 0.4) is 0 Å². The summed E-state index contributed by atoms with van der Waals surface area (Å²) in [6.45, 7) is 15.0. The maximum atomic E-state index is 13.2. The van der Waals surface area contributed by atoms with E-state index in [0.29, 0.717) is 5.92 Å². The number of esters is 1. The van der Waals surface area contributed by atoms with E-state index in [4.69, 9.17) is 4.74 Å². The van der Waals surface area contributed by atoms with Gasteiger partial charge in [0.25, 0.3) is 0 Å². The molecule has 2 aromatic carbocycles. The molecule has 0 spiro atoms. The summed E-state index contributed by atoms with van der Waals surface area (Å²) in [5.41, 5.74) is 5.56. The number of ether oxygens (including phenoxy) is 1. The van der Waals surface area contributed by atoms with E-state index in [1.807, 2.05) is 25.1 Å². The van der Waals surface area contributed by atoms with Gasteiger partial charge in [0, 0.05) is 0 Å². The fourth-order valence-corrected chi connectivity index (χ4v) is 3.51. The lowest BCUT2D eigenvalue weighted by Gasteiger charge is -2.23. The quantitative estimate of drug-likeness (QED) is 0.451. The fraction of sp³-hybridized carbons (Fsp3) is 0.500. The van der Waals surface area contributed by atoms with Gasteiger partial charge in [-0.05, 0) is 59.8 Å². The zero-order valence-corrected chi connectivity index (χ0v) is 18.6. The van der Waals surface area contributed by atoms with Crippen molar-refractivity contribution in [3.05, 3.63) is 70.3 Å². The van der Waals surface area contributed by atoms with Gasteiger partial charge in [-0.15, -0.1) is 0 Å². The van der Waals surface area contributed by atoms with Crippen LogP contribution in [0.15, 0.2) is 42.5 Å². The molecule has 0 fully saturated rings. The average molecular weight is 381 g/mol. The van der Waals surface area contributed by atoms with Crippen LogP contribution >= 0.6 is 0 Å². The molecule has 2 rings (SSSR count). The van der Waals surface area contributed by atoms with Gasteiger partial charge in [0.1, 0.15) is 0 Å². The molecule has 2 aromatic rings. The van der Waals surface area contributed by atoms with Gasteiger partial charge in [-0.1, -0.05) is 84.0 Å². The summed E-state index contributed by atoms with van der Waals surface area (Å²) in [7, 11) is 0. The molecule has 0 aliphatic heterocycles. The third kappa shape index (κ3) is 5.70. The van der Waals surface area contributed by atoms with Gasteiger partial charge < -0.3 is 4.74 Å². The molecule has 0 radical (unpaired) electrons. The average Bonchev–Trinajstić information content (AvgIpc) is 2.65. The maximum absolute atomic E-state index is 13.2. The van der Waals surface area contributed by atoms with E-state index in [2.05, 4.69) is 65.8 Å². The summed E-state index contributed by atoms with van der Waals surface area (Å²) in [5.74, 6) is 0.810. The van der Waals surface area contributed by atoms with Crippen molar-refractivity contribution in [3.8, 4) is 0 Å². The van der Waals surface area contributed by atoms with Crippen LogP contribution in [0.2, 0.25) is 0 Å². The molecule has 2 heteroatoms. The molecule has 0 heterocycles. The molecule has 28 heavy (non-hydrogen) atoms. The highest BCUT2D eigenvalue weighted by atomic mass is 16.5. The first-order valence-electron chi connectivity index (χ1n) is 10.6. The Morgan fingerprint density at radius 3 is 1.82 bits per heavy atom. The van der Waals surface area contributed by atoms with Crippen molar-refractivity contribution in [2.45, 2.75) is 85.2 Å². The Kier molecular flexibility index (Phi) is 7.86. The number of rotatable bonds is 8. The van der Waals surface area contributed by atoms with Crippen molar-refractivity contribution < 1.29 is 9.53 Å². The van der Waals surface area contributed by atoms with E-state index in [0.717, 1.165) is 29.5 Å². The van der Waals surface area contributed by atoms with E-state index in [1.54, 1.807) is 0 Å². The standard InChI is InChI=1S/C26H36O2/c1-17(2)22-15-23(18(3)4)25(24(16-22)19(5)6)26(27)28-20(7)13-14-21-11-9-8-10-12-21/h8-12,15-20H,13-14H2,1-7H3. The van der Waals surface area contributed by atoms with E-state index in [1.165, 1.54) is 11.1 Å². The summed E-state index contributed by atoms with van der Waals surface area (Å²) < 4.78 is 5.90. The minimum absolute atomic E-state index is 0.113. The van der Waals surface area contributed by atoms with Crippen LogP contribution in [0.4, 0.5) is 0 Å². The Balaban J connectivity index is 2.25. The zero-order chi connectivity index (χ0) is 20.8. The molecule has 1 unspecified atom stereocenters. The molecular weight excluding hydrogens is 344 g/mol. The van der Waals surface area contributed by atoms with Gasteiger partial charge in [-0.3, -0.25) is 0 Å². The molecule has 0 aliphatic rings. The van der Waals surface area contributed by atoms with Crippen molar-refractivity contribution in [1.82, 2.24) is 0 Å². The molecular formula is C26H36O2. The van der Waals surface area contributed by atoms with Gasteiger partial charge >= 0.3 is 5.97 Å². The first-order valence-corrected chi connectivity index (χ1v) is 10.6. The second-order valence-corrected chi connectivity index (χ2v) is 8.78. The van der Waals surface area contributed by atoms with Crippen molar-refractivity contribution in [2.75, 3.05) is 0 Å². The predicted octanol–water partition coefficient (Wildman–Crippen LogP) is 7.23. The molecule has 152 valence electrons. The number of carbonyl (C=O) groups excluding carboxylic acids is 1. The van der Waals surface area contributed by atoms with Crippen LogP contribution in [0.1, 0.15) is 105 Å². The van der Waals surface area contributed by atoms with E-state index < -0.39 is 0 Å². The summed E-state index contributed by atoms with van der Waals surface area (Å²) in [6, 6.07) is 14.8. The SMILES string of the molecule is CC(CCc1ccccc1)OC(=O)c1c(C(C)C)cc(C(C)C)cc1C(C)C. The highest BCUT2D eigenvalue weighted by molar-refractivity contribution is 5.93. The first kappa shape index (κ1) is 22.2. The lowest BCUT2D eigenvalue weighted by Crippen LogP contribution is -2.20. The molecule has 0 N–H and O–H groups in total. The van der Waals surface area contributed by atoms with Gasteiger partial charge in [0.05, 0.1) is 11.7 Å². The lowest BCUT2D eigenvalue weighted by molar-refractivity contribution is 0.0322. The molecule has 0 aromatic heterocycles. The molecule has 0 amide bonds. The predicted molar refractivity (Wildman–Crippen MR) is 118 cm³/mol. The van der Waals surface area contributed by atoms with Crippen LogP contribution in [-0.4, -0.2) is 12.1 Å². The number of hydrogen-bond donors (Lipinski definition) is 0. The number of hydrogen-bond acceptors (Lipinski definition) is 2. The molecule has 0 bridgehead atoms. The van der Waals surface area contributed by atoms with E-state index in [9.17, 15) is 4.79 Å². The third-order valence-corrected chi connectivity index (χ3v) is 5.33. The highest BCUT2D eigenvalue weighted by Crippen LogP contribution is 2.33. The van der Waals surface area contributed by atoms with Gasteiger partial charge in [0.2, 0.25) is 0 Å².